The number of halogens is 3. The minimum absolute atomic E-state index is 0.276. The van der Waals surface area contributed by atoms with Gasteiger partial charge in [-0.2, -0.15) is 13.2 Å². The van der Waals surface area contributed by atoms with Crippen molar-refractivity contribution >= 4 is 0 Å². The fourth-order valence-electron chi connectivity index (χ4n) is 2.16. The van der Waals surface area contributed by atoms with Crippen LogP contribution >= 0.6 is 0 Å². The van der Waals surface area contributed by atoms with Gasteiger partial charge >= 0.3 is 6.18 Å². The van der Waals surface area contributed by atoms with Crippen molar-refractivity contribution in [2.24, 2.45) is 0 Å². The first-order chi connectivity index (χ1) is 9.82. The number of nitrogens with one attached hydrogen (secondary N) is 1. The van der Waals surface area contributed by atoms with E-state index in [1.54, 1.807) is 12.1 Å². The first-order valence-corrected chi connectivity index (χ1v) is 7.36. The molecule has 1 aromatic carbocycles. The summed E-state index contributed by atoms with van der Waals surface area (Å²) in [6.07, 6.45) is -0.598. The molecular weight excluding hydrogens is 275 g/mol. The van der Waals surface area contributed by atoms with Gasteiger partial charge in [0.15, 0.2) is 0 Å². The lowest BCUT2D eigenvalue weighted by Gasteiger charge is -2.19. The molecule has 0 aliphatic rings. The number of allylic oxidation sites excluding steroid dienone is 1. The molecule has 0 heterocycles. The van der Waals surface area contributed by atoms with Crippen LogP contribution in [0.15, 0.2) is 36.4 Å². The van der Waals surface area contributed by atoms with E-state index in [4.69, 9.17) is 0 Å². The van der Waals surface area contributed by atoms with Crippen LogP contribution in [0.5, 0.6) is 0 Å². The topological polar surface area (TPSA) is 12.0 Å². The standard InChI is InChI=1S/C17H24F3N/c1-4-11-21-16(10-5-13(2)3)12-14-6-8-15(9-7-14)17(18,19)20/h6-9,16,21H,2,4-5,10-12H2,1,3H3. The summed E-state index contributed by atoms with van der Waals surface area (Å²) in [5, 5.41) is 3.45. The summed E-state index contributed by atoms with van der Waals surface area (Å²) in [5.74, 6) is 0. The van der Waals surface area contributed by atoms with E-state index in [0.717, 1.165) is 55.5 Å². The average molecular weight is 299 g/mol. The van der Waals surface area contributed by atoms with Crippen molar-refractivity contribution in [2.75, 3.05) is 6.54 Å². The SMILES string of the molecule is C=C(C)CCC(Cc1ccc(C(F)(F)F)cc1)NCCC. The molecule has 118 valence electrons. The predicted molar refractivity (Wildman–Crippen MR) is 81.3 cm³/mol. The maximum atomic E-state index is 12.5. The number of hydrogen-bond donors (Lipinski definition) is 1. The molecule has 1 unspecified atom stereocenters. The Hall–Kier alpha value is -1.29. The summed E-state index contributed by atoms with van der Waals surface area (Å²) < 4.78 is 37.6. The Balaban J connectivity index is 2.66. The molecule has 21 heavy (non-hydrogen) atoms. The van der Waals surface area contributed by atoms with Crippen molar-refractivity contribution in [1.82, 2.24) is 5.32 Å². The van der Waals surface area contributed by atoms with Crippen LogP contribution < -0.4 is 5.32 Å². The predicted octanol–water partition coefficient (Wildman–Crippen LogP) is 4.97. The van der Waals surface area contributed by atoms with Crippen LogP contribution in [0.2, 0.25) is 0 Å². The Labute approximate surface area is 125 Å². The average Bonchev–Trinajstić information content (AvgIpc) is 2.41. The molecule has 0 spiro atoms. The van der Waals surface area contributed by atoms with Crippen LogP contribution in [0.4, 0.5) is 13.2 Å². The normalized spacial score (nSPS) is 13.2. The Morgan fingerprint density at radius 2 is 1.86 bits per heavy atom. The van der Waals surface area contributed by atoms with E-state index in [2.05, 4.69) is 18.8 Å². The molecule has 0 amide bonds. The van der Waals surface area contributed by atoms with Crippen LogP contribution in [-0.2, 0) is 12.6 Å². The van der Waals surface area contributed by atoms with Crippen LogP contribution in [-0.4, -0.2) is 12.6 Å². The fourth-order valence-corrected chi connectivity index (χ4v) is 2.16. The Morgan fingerprint density at radius 3 is 2.33 bits per heavy atom. The van der Waals surface area contributed by atoms with Crippen LogP contribution in [0, 0.1) is 0 Å². The first-order valence-electron chi connectivity index (χ1n) is 7.36. The van der Waals surface area contributed by atoms with E-state index in [-0.39, 0.29) is 6.04 Å². The van der Waals surface area contributed by atoms with Gasteiger partial charge in [0, 0.05) is 6.04 Å². The highest BCUT2D eigenvalue weighted by Crippen LogP contribution is 2.29. The summed E-state index contributed by atoms with van der Waals surface area (Å²) in [4.78, 5) is 0. The second-order valence-electron chi connectivity index (χ2n) is 5.55. The summed E-state index contributed by atoms with van der Waals surface area (Å²) in [7, 11) is 0. The van der Waals surface area contributed by atoms with E-state index >= 15 is 0 Å². The lowest BCUT2D eigenvalue weighted by Crippen LogP contribution is -2.31. The molecule has 1 nitrogen and oxygen atoms in total. The highest BCUT2D eigenvalue weighted by Gasteiger charge is 2.29. The van der Waals surface area contributed by atoms with Gasteiger partial charge in [-0.05, 0) is 56.8 Å². The first kappa shape index (κ1) is 17.8. The molecule has 4 heteroatoms. The zero-order valence-corrected chi connectivity index (χ0v) is 12.8. The number of hydrogen-bond acceptors (Lipinski definition) is 1. The van der Waals surface area contributed by atoms with E-state index < -0.39 is 11.7 Å². The molecule has 0 aliphatic heterocycles. The van der Waals surface area contributed by atoms with E-state index in [9.17, 15) is 13.2 Å². The summed E-state index contributed by atoms with van der Waals surface area (Å²) in [5.41, 5.74) is 1.47. The molecule has 0 radical (unpaired) electrons. The Kier molecular flexibility index (Phi) is 6.96. The van der Waals surface area contributed by atoms with Crippen molar-refractivity contribution < 1.29 is 13.2 Å². The van der Waals surface area contributed by atoms with Gasteiger partial charge in [0.1, 0.15) is 0 Å². The van der Waals surface area contributed by atoms with Gasteiger partial charge in [-0.15, -0.1) is 6.58 Å². The molecule has 1 rings (SSSR count). The molecule has 0 aliphatic carbocycles. The van der Waals surface area contributed by atoms with Crippen LogP contribution in [0.1, 0.15) is 44.2 Å². The van der Waals surface area contributed by atoms with Crippen molar-refractivity contribution in [2.45, 2.75) is 51.7 Å². The van der Waals surface area contributed by atoms with Crippen molar-refractivity contribution in [3.05, 3.63) is 47.5 Å². The Morgan fingerprint density at radius 1 is 1.24 bits per heavy atom. The summed E-state index contributed by atoms with van der Waals surface area (Å²) in [6, 6.07) is 5.74. The number of benzene rings is 1. The number of rotatable bonds is 8. The Bertz CT molecular complexity index is 434. The van der Waals surface area contributed by atoms with E-state index in [1.165, 1.54) is 0 Å². The molecule has 0 bridgehead atoms. The third-order valence-corrected chi connectivity index (χ3v) is 3.37. The van der Waals surface area contributed by atoms with Crippen molar-refractivity contribution in [1.29, 1.82) is 0 Å². The highest BCUT2D eigenvalue weighted by atomic mass is 19.4. The van der Waals surface area contributed by atoms with Crippen molar-refractivity contribution in [3.63, 3.8) is 0 Å². The number of alkyl halides is 3. The maximum Gasteiger partial charge on any atom is 0.416 e. The highest BCUT2D eigenvalue weighted by molar-refractivity contribution is 5.25. The summed E-state index contributed by atoms with van der Waals surface area (Å²) >= 11 is 0. The third kappa shape index (κ3) is 6.80. The zero-order chi connectivity index (χ0) is 15.9. The minimum Gasteiger partial charge on any atom is -0.314 e. The zero-order valence-electron chi connectivity index (χ0n) is 12.8. The van der Waals surface area contributed by atoms with E-state index in [1.807, 2.05) is 6.92 Å². The van der Waals surface area contributed by atoms with Gasteiger partial charge < -0.3 is 5.32 Å². The van der Waals surface area contributed by atoms with Gasteiger partial charge in [0.2, 0.25) is 0 Å². The molecule has 0 fully saturated rings. The lowest BCUT2D eigenvalue weighted by atomic mass is 9.99. The molecular formula is C17H24F3N. The molecule has 0 saturated heterocycles. The van der Waals surface area contributed by atoms with Crippen LogP contribution in [0.3, 0.4) is 0 Å². The second kappa shape index (κ2) is 8.23. The monoisotopic (exact) mass is 299 g/mol. The molecule has 0 saturated carbocycles. The maximum absolute atomic E-state index is 12.5. The smallest absolute Gasteiger partial charge is 0.314 e. The lowest BCUT2D eigenvalue weighted by molar-refractivity contribution is -0.137. The molecule has 1 aromatic rings. The van der Waals surface area contributed by atoms with Gasteiger partial charge in [0.25, 0.3) is 0 Å². The third-order valence-electron chi connectivity index (χ3n) is 3.37. The second-order valence-corrected chi connectivity index (χ2v) is 5.55. The van der Waals surface area contributed by atoms with Gasteiger partial charge in [-0.1, -0.05) is 24.6 Å². The van der Waals surface area contributed by atoms with Gasteiger partial charge in [-0.3, -0.25) is 0 Å². The van der Waals surface area contributed by atoms with Gasteiger partial charge in [0.05, 0.1) is 5.56 Å². The minimum atomic E-state index is -4.27. The molecule has 1 atom stereocenters. The van der Waals surface area contributed by atoms with Crippen molar-refractivity contribution in [3.8, 4) is 0 Å². The fraction of sp³-hybridized carbons (Fsp3) is 0.529. The van der Waals surface area contributed by atoms with Gasteiger partial charge in [-0.25, -0.2) is 0 Å². The molecule has 0 aromatic heterocycles. The summed E-state index contributed by atoms with van der Waals surface area (Å²) in [6.45, 7) is 8.91. The largest absolute Gasteiger partial charge is 0.416 e. The quantitative estimate of drug-likeness (QED) is 0.668. The van der Waals surface area contributed by atoms with E-state index in [0.29, 0.717) is 0 Å². The van der Waals surface area contributed by atoms with Crippen LogP contribution in [0.25, 0.3) is 0 Å². The molecule has 1 N–H and O–H groups in total.